The highest BCUT2D eigenvalue weighted by Crippen LogP contribution is 2.28. The fourth-order valence-corrected chi connectivity index (χ4v) is 3.02. The zero-order valence-corrected chi connectivity index (χ0v) is 12.3. The van der Waals surface area contributed by atoms with Gasteiger partial charge in [0.25, 0.3) is 0 Å². The Morgan fingerprint density at radius 1 is 1.47 bits per heavy atom. The van der Waals surface area contributed by atoms with Gasteiger partial charge in [-0.3, -0.25) is 4.68 Å². The van der Waals surface area contributed by atoms with Crippen LogP contribution in [0.2, 0.25) is 0 Å². The van der Waals surface area contributed by atoms with E-state index in [4.69, 9.17) is 4.74 Å². The minimum Gasteiger partial charge on any atom is -0.392 e. The summed E-state index contributed by atoms with van der Waals surface area (Å²) in [5.41, 5.74) is 2.26. The van der Waals surface area contributed by atoms with E-state index in [1.54, 1.807) is 0 Å². The first-order chi connectivity index (χ1) is 9.19. The molecule has 4 nitrogen and oxygen atoms in total. The highest BCUT2D eigenvalue weighted by atomic mass is 16.5. The summed E-state index contributed by atoms with van der Waals surface area (Å²) in [7, 11) is 0. The summed E-state index contributed by atoms with van der Waals surface area (Å²) in [5.74, 6) is 0.273. The zero-order valence-electron chi connectivity index (χ0n) is 12.3. The fraction of sp³-hybridized carbons (Fsp3) is 0.800. The van der Waals surface area contributed by atoms with E-state index in [0.29, 0.717) is 6.42 Å². The number of hydrogen-bond acceptors (Lipinski definition) is 3. The van der Waals surface area contributed by atoms with Gasteiger partial charge < -0.3 is 9.84 Å². The third-order valence-electron chi connectivity index (χ3n) is 4.15. The Kier molecular flexibility index (Phi) is 4.99. The van der Waals surface area contributed by atoms with Gasteiger partial charge in [0.1, 0.15) is 0 Å². The van der Waals surface area contributed by atoms with Crippen molar-refractivity contribution in [2.75, 3.05) is 6.61 Å². The lowest BCUT2D eigenvalue weighted by Gasteiger charge is -2.22. The van der Waals surface area contributed by atoms with Crippen LogP contribution in [0.1, 0.15) is 45.0 Å². The third kappa shape index (κ3) is 3.18. The molecule has 0 saturated carbocycles. The predicted molar refractivity (Wildman–Crippen MR) is 75.1 cm³/mol. The van der Waals surface area contributed by atoms with E-state index in [2.05, 4.69) is 31.9 Å². The first-order valence-corrected chi connectivity index (χ1v) is 7.54. The van der Waals surface area contributed by atoms with E-state index in [1.807, 2.05) is 4.68 Å². The second-order valence-corrected chi connectivity index (χ2v) is 5.34. The molecule has 0 radical (unpaired) electrons. The first-order valence-electron chi connectivity index (χ1n) is 7.54. The lowest BCUT2D eigenvalue weighted by Crippen LogP contribution is -2.30. The molecular formula is C15H26N2O2. The Balaban J connectivity index is 2.05. The molecule has 2 rings (SSSR count). The van der Waals surface area contributed by atoms with Gasteiger partial charge in [0.05, 0.1) is 17.9 Å². The number of nitrogens with zero attached hydrogens (tertiary/aromatic N) is 2. The number of aliphatic hydroxyl groups is 1. The van der Waals surface area contributed by atoms with Crippen molar-refractivity contribution < 1.29 is 9.84 Å². The standard InChI is InChI=1S/C15H26N2O2/c1-4-11-9-12(17(6-3)16-11)10-14(18)13-7-8-19-15(13)5-2/h9,13-15,18H,4-8,10H2,1-3H3. The molecule has 1 aliphatic rings. The van der Waals surface area contributed by atoms with Crippen LogP contribution in [-0.4, -0.2) is 33.7 Å². The van der Waals surface area contributed by atoms with Gasteiger partial charge in [-0.1, -0.05) is 13.8 Å². The summed E-state index contributed by atoms with van der Waals surface area (Å²) in [5, 5.41) is 15.0. The van der Waals surface area contributed by atoms with Crippen molar-refractivity contribution in [1.82, 2.24) is 9.78 Å². The molecule has 0 aliphatic carbocycles. The van der Waals surface area contributed by atoms with Crippen molar-refractivity contribution in [3.8, 4) is 0 Å². The van der Waals surface area contributed by atoms with Gasteiger partial charge >= 0.3 is 0 Å². The Bertz CT molecular complexity index is 403. The number of hydrogen-bond donors (Lipinski definition) is 1. The summed E-state index contributed by atoms with van der Waals surface area (Å²) in [4.78, 5) is 0. The van der Waals surface area contributed by atoms with Gasteiger partial charge in [0.15, 0.2) is 0 Å². The van der Waals surface area contributed by atoms with E-state index >= 15 is 0 Å². The highest BCUT2D eigenvalue weighted by Gasteiger charge is 2.33. The number of ether oxygens (including phenoxy) is 1. The molecule has 0 bridgehead atoms. The van der Waals surface area contributed by atoms with Crippen LogP contribution in [0.25, 0.3) is 0 Å². The second-order valence-electron chi connectivity index (χ2n) is 5.34. The van der Waals surface area contributed by atoms with Gasteiger partial charge in [-0.25, -0.2) is 0 Å². The lowest BCUT2D eigenvalue weighted by molar-refractivity contribution is 0.0309. The zero-order chi connectivity index (χ0) is 13.8. The minimum atomic E-state index is -0.320. The summed E-state index contributed by atoms with van der Waals surface area (Å²) in [6.45, 7) is 7.98. The number of aryl methyl sites for hydroxylation is 2. The predicted octanol–water partition coefficient (Wildman–Crippen LogP) is 2.18. The van der Waals surface area contributed by atoms with Crippen molar-refractivity contribution in [3.63, 3.8) is 0 Å². The van der Waals surface area contributed by atoms with Gasteiger partial charge in [-0.15, -0.1) is 0 Å². The maximum atomic E-state index is 10.5. The molecule has 1 aromatic rings. The molecule has 3 unspecified atom stereocenters. The molecule has 0 amide bonds. The topological polar surface area (TPSA) is 47.3 Å². The molecule has 19 heavy (non-hydrogen) atoms. The SMILES string of the molecule is CCc1cc(CC(O)C2CCOC2CC)n(CC)n1. The van der Waals surface area contributed by atoms with Crippen LogP contribution in [-0.2, 0) is 24.1 Å². The first kappa shape index (κ1) is 14.5. The second kappa shape index (κ2) is 6.53. The third-order valence-corrected chi connectivity index (χ3v) is 4.15. The summed E-state index contributed by atoms with van der Waals surface area (Å²) in [6.07, 6.45) is 3.49. The van der Waals surface area contributed by atoms with Crippen LogP contribution < -0.4 is 0 Å². The van der Waals surface area contributed by atoms with E-state index in [9.17, 15) is 5.11 Å². The summed E-state index contributed by atoms with van der Waals surface area (Å²) < 4.78 is 7.69. The average molecular weight is 266 g/mol. The number of rotatable bonds is 6. The van der Waals surface area contributed by atoms with Gasteiger partial charge in [0.2, 0.25) is 0 Å². The van der Waals surface area contributed by atoms with Gasteiger partial charge in [-0.2, -0.15) is 5.10 Å². The van der Waals surface area contributed by atoms with Crippen LogP contribution >= 0.6 is 0 Å². The minimum absolute atomic E-state index is 0.221. The molecule has 1 aromatic heterocycles. The Morgan fingerprint density at radius 3 is 2.89 bits per heavy atom. The molecule has 0 aromatic carbocycles. The number of aromatic nitrogens is 2. The molecule has 4 heteroatoms. The molecule has 0 spiro atoms. The average Bonchev–Trinajstić information content (AvgIpc) is 3.04. The van der Waals surface area contributed by atoms with Crippen LogP contribution in [0.4, 0.5) is 0 Å². The Hall–Kier alpha value is -0.870. The molecule has 1 N–H and O–H groups in total. The van der Waals surface area contributed by atoms with E-state index in [0.717, 1.165) is 43.8 Å². The maximum absolute atomic E-state index is 10.5. The molecule has 1 saturated heterocycles. The quantitative estimate of drug-likeness (QED) is 0.858. The lowest BCUT2D eigenvalue weighted by atomic mass is 9.90. The summed E-state index contributed by atoms with van der Waals surface area (Å²) >= 11 is 0. The molecule has 1 fully saturated rings. The van der Waals surface area contributed by atoms with E-state index in [1.165, 1.54) is 0 Å². The maximum Gasteiger partial charge on any atom is 0.0649 e. The Labute approximate surface area is 115 Å². The van der Waals surface area contributed by atoms with Crippen molar-refractivity contribution in [2.45, 2.75) is 65.2 Å². The van der Waals surface area contributed by atoms with Crippen molar-refractivity contribution in [1.29, 1.82) is 0 Å². The Morgan fingerprint density at radius 2 is 2.26 bits per heavy atom. The monoisotopic (exact) mass is 266 g/mol. The van der Waals surface area contributed by atoms with Crippen molar-refractivity contribution >= 4 is 0 Å². The van der Waals surface area contributed by atoms with Crippen molar-refractivity contribution in [2.24, 2.45) is 5.92 Å². The van der Waals surface area contributed by atoms with Gasteiger partial charge in [0, 0.05) is 31.2 Å². The van der Waals surface area contributed by atoms with E-state index < -0.39 is 0 Å². The molecule has 3 atom stereocenters. The van der Waals surface area contributed by atoms with Crippen molar-refractivity contribution in [3.05, 3.63) is 17.5 Å². The smallest absolute Gasteiger partial charge is 0.0649 e. The van der Waals surface area contributed by atoms with Crippen LogP contribution in [0.5, 0.6) is 0 Å². The van der Waals surface area contributed by atoms with Crippen LogP contribution in [0.3, 0.4) is 0 Å². The molecule has 108 valence electrons. The number of aliphatic hydroxyl groups excluding tert-OH is 1. The largest absolute Gasteiger partial charge is 0.392 e. The molecular weight excluding hydrogens is 240 g/mol. The summed E-state index contributed by atoms with van der Waals surface area (Å²) in [6, 6.07) is 2.13. The van der Waals surface area contributed by atoms with Gasteiger partial charge in [-0.05, 0) is 32.3 Å². The highest BCUT2D eigenvalue weighted by molar-refractivity contribution is 5.12. The fourth-order valence-electron chi connectivity index (χ4n) is 3.02. The van der Waals surface area contributed by atoms with Crippen LogP contribution in [0.15, 0.2) is 6.07 Å². The molecule has 1 aliphatic heterocycles. The molecule has 2 heterocycles. The van der Waals surface area contributed by atoms with Crippen LogP contribution in [0, 0.1) is 5.92 Å². The normalized spacial score (nSPS) is 24.8. The van der Waals surface area contributed by atoms with E-state index in [-0.39, 0.29) is 18.1 Å².